The van der Waals surface area contributed by atoms with E-state index < -0.39 is 9.84 Å². The average molecular weight is 416 g/mol. The molecule has 0 bridgehead atoms. The third kappa shape index (κ3) is 5.02. The van der Waals surface area contributed by atoms with Crippen LogP contribution < -0.4 is 5.32 Å². The monoisotopic (exact) mass is 415 g/mol. The molecule has 1 saturated heterocycles. The molecule has 0 spiro atoms. The van der Waals surface area contributed by atoms with Gasteiger partial charge >= 0.3 is 0 Å². The first-order valence-corrected chi connectivity index (χ1v) is 11.2. The number of anilines is 1. The minimum atomic E-state index is -2.98. The smallest absolute Gasteiger partial charge is 0.238 e. The molecule has 29 heavy (non-hydrogen) atoms. The van der Waals surface area contributed by atoms with E-state index in [4.69, 9.17) is 5.26 Å². The number of aromatic nitrogens is 2. The summed E-state index contributed by atoms with van der Waals surface area (Å²) in [4.78, 5) is 14.2. The van der Waals surface area contributed by atoms with Gasteiger partial charge in [0.1, 0.15) is 0 Å². The molecule has 1 atom stereocenters. The molecule has 1 aromatic carbocycles. The van der Waals surface area contributed by atoms with E-state index in [0.717, 1.165) is 17.0 Å². The zero-order chi connectivity index (χ0) is 21.2. The topological polar surface area (TPSA) is 108 Å². The van der Waals surface area contributed by atoms with Gasteiger partial charge in [0, 0.05) is 23.5 Å². The molecule has 0 saturated carbocycles. The lowest BCUT2D eigenvalue weighted by atomic mass is 10.1. The maximum Gasteiger partial charge on any atom is 0.238 e. The summed E-state index contributed by atoms with van der Waals surface area (Å²) in [5.74, 6) is 0.166. The summed E-state index contributed by atoms with van der Waals surface area (Å²) in [5, 5.41) is 16.3. The highest BCUT2D eigenvalue weighted by Crippen LogP contribution is 2.27. The molecule has 0 radical (unpaired) electrons. The SMILES string of the molecule is Cc1nn([C@H]2CCS(=O)(=O)C2)c(C)c1CN(C)CC(=O)Nc1cccc(C#N)c1. The molecule has 1 aliphatic heterocycles. The van der Waals surface area contributed by atoms with Gasteiger partial charge in [-0.25, -0.2) is 8.42 Å². The van der Waals surface area contributed by atoms with Crippen LogP contribution in [0.2, 0.25) is 0 Å². The van der Waals surface area contributed by atoms with Gasteiger partial charge in [-0.05, 0) is 45.5 Å². The Bertz CT molecular complexity index is 1070. The normalized spacial score (nSPS) is 18.0. The molecule has 1 fully saturated rings. The third-order valence-electron chi connectivity index (χ3n) is 5.15. The van der Waals surface area contributed by atoms with Crippen LogP contribution in [0.5, 0.6) is 0 Å². The lowest BCUT2D eigenvalue weighted by molar-refractivity contribution is -0.117. The van der Waals surface area contributed by atoms with Crippen molar-refractivity contribution in [2.24, 2.45) is 0 Å². The van der Waals surface area contributed by atoms with E-state index >= 15 is 0 Å². The van der Waals surface area contributed by atoms with Gasteiger partial charge in [-0.3, -0.25) is 14.4 Å². The zero-order valence-corrected chi connectivity index (χ0v) is 17.7. The van der Waals surface area contributed by atoms with Crippen molar-refractivity contribution >= 4 is 21.4 Å². The number of rotatable bonds is 6. The number of nitrogens with zero attached hydrogens (tertiary/aromatic N) is 4. The number of carbonyl (C=O) groups is 1. The van der Waals surface area contributed by atoms with Crippen molar-refractivity contribution in [1.82, 2.24) is 14.7 Å². The highest BCUT2D eigenvalue weighted by molar-refractivity contribution is 7.91. The summed E-state index contributed by atoms with van der Waals surface area (Å²) < 4.78 is 25.4. The molecule has 8 nitrogen and oxygen atoms in total. The Morgan fingerprint density at radius 1 is 1.41 bits per heavy atom. The van der Waals surface area contributed by atoms with Crippen molar-refractivity contribution in [2.45, 2.75) is 32.9 Å². The van der Waals surface area contributed by atoms with Gasteiger partial charge in [-0.1, -0.05) is 6.07 Å². The first kappa shape index (κ1) is 21.0. The second-order valence-electron chi connectivity index (χ2n) is 7.56. The number of hydrogen-bond donors (Lipinski definition) is 1. The van der Waals surface area contributed by atoms with Crippen LogP contribution in [0.25, 0.3) is 0 Å². The molecule has 9 heteroatoms. The molecule has 1 aliphatic rings. The molecular formula is C20H25N5O3S. The second-order valence-corrected chi connectivity index (χ2v) is 9.79. The Hall–Kier alpha value is -2.70. The average Bonchev–Trinajstić information content (AvgIpc) is 3.15. The first-order chi connectivity index (χ1) is 13.7. The lowest BCUT2D eigenvalue weighted by Gasteiger charge is -2.17. The Kier molecular flexibility index (Phi) is 6.05. The van der Waals surface area contributed by atoms with E-state index in [1.54, 1.807) is 24.3 Å². The number of nitrogens with one attached hydrogen (secondary N) is 1. The van der Waals surface area contributed by atoms with Crippen LogP contribution in [0.1, 0.15) is 35.0 Å². The molecule has 2 aromatic rings. The zero-order valence-electron chi connectivity index (χ0n) is 16.8. The van der Waals surface area contributed by atoms with E-state index in [9.17, 15) is 13.2 Å². The summed E-state index contributed by atoms with van der Waals surface area (Å²) >= 11 is 0. The molecular weight excluding hydrogens is 390 g/mol. The molecule has 154 valence electrons. The highest BCUT2D eigenvalue weighted by Gasteiger charge is 2.31. The summed E-state index contributed by atoms with van der Waals surface area (Å²) in [6.45, 7) is 4.56. The number of nitriles is 1. The van der Waals surface area contributed by atoms with Crippen molar-refractivity contribution in [1.29, 1.82) is 5.26 Å². The highest BCUT2D eigenvalue weighted by atomic mass is 32.2. The van der Waals surface area contributed by atoms with Gasteiger partial charge < -0.3 is 5.32 Å². The summed E-state index contributed by atoms with van der Waals surface area (Å²) in [7, 11) is -1.13. The number of carbonyl (C=O) groups excluding carboxylic acids is 1. The molecule has 1 N–H and O–H groups in total. The van der Waals surface area contributed by atoms with Gasteiger partial charge in [0.15, 0.2) is 9.84 Å². The lowest BCUT2D eigenvalue weighted by Crippen LogP contribution is -2.30. The Morgan fingerprint density at radius 2 is 2.17 bits per heavy atom. The van der Waals surface area contributed by atoms with Crippen molar-refractivity contribution < 1.29 is 13.2 Å². The predicted molar refractivity (Wildman–Crippen MR) is 110 cm³/mol. The fraction of sp³-hybridized carbons (Fsp3) is 0.450. The molecule has 1 amide bonds. The molecule has 0 unspecified atom stereocenters. The Morgan fingerprint density at radius 3 is 2.83 bits per heavy atom. The van der Waals surface area contributed by atoms with Crippen LogP contribution in [0.3, 0.4) is 0 Å². The quantitative estimate of drug-likeness (QED) is 0.771. The molecule has 2 heterocycles. The van der Waals surface area contributed by atoms with Crippen molar-refractivity contribution in [2.75, 3.05) is 30.4 Å². The van der Waals surface area contributed by atoms with Crippen LogP contribution >= 0.6 is 0 Å². The molecule has 1 aromatic heterocycles. The molecule has 0 aliphatic carbocycles. The first-order valence-electron chi connectivity index (χ1n) is 9.42. The van der Waals surface area contributed by atoms with Crippen molar-refractivity contribution in [3.63, 3.8) is 0 Å². The van der Waals surface area contributed by atoms with E-state index in [1.165, 1.54) is 0 Å². The van der Waals surface area contributed by atoms with Gasteiger partial charge in [0.05, 0.1) is 41.4 Å². The maximum atomic E-state index is 12.3. The van der Waals surface area contributed by atoms with Gasteiger partial charge in [0.25, 0.3) is 0 Å². The summed E-state index contributed by atoms with van der Waals surface area (Å²) in [6.07, 6.45) is 0.587. The predicted octanol–water partition coefficient (Wildman–Crippen LogP) is 1.80. The van der Waals surface area contributed by atoms with E-state index in [2.05, 4.69) is 10.4 Å². The number of benzene rings is 1. The van der Waals surface area contributed by atoms with E-state index in [-0.39, 0.29) is 30.0 Å². The maximum absolute atomic E-state index is 12.3. The van der Waals surface area contributed by atoms with Crippen LogP contribution in [-0.2, 0) is 21.2 Å². The van der Waals surface area contributed by atoms with E-state index in [1.807, 2.05) is 36.5 Å². The minimum absolute atomic E-state index is 0.117. The number of aryl methyl sites for hydroxylation is 1. The van der Waals surface area contributed by atoms with Crippen molar-refractivity contribution in [3.8, 4) is 6.07 Å². The van der Waals surface area contributed by atoms with Crippen LogP contribution in [0.4, 0.5) is 5.69 Å². The van der Waals surface area contributed by atoms with Crippen LogP contribution in [0, 0.1) is 25.2 Å². The summed E-state index contributed by atoms with van der Waals surface area (Å²) in [6, 6.07) is 8.71. The van der Waals surface area contributed by atoms with Gasteiger partial charge in [-0.15, -0.1) is 0 Å². The van der Waals surface area contributed by atoms with Gasteiger partial charge in [0.2, 0.25) is 5.91 Å². The number of sulfone groups is 1. The van der Waals surface area contributed by atoms with Crippen LogP contribution in [-0.4, -0.2) is 54.1 Å². The number of hydrogen-bond acceptors (Lipinski definition) is 6. The fourth-order valence-electron chi connectivity index (χ4n) is 3.69. The van der Waals surface area contributed by atoms with Crippen molar-refractivity contribution in [3.05, 3.63) is 46.8 Å². The number of amides is 1. The second kappa shape index (κ2) is 8.35. The van der Waals surface area contributed by atoms with Crippen LogP contribution in [0.15, 0.2) is 24.3 Å². The Labute approximate surface area is 171 Å². The third-order valence-corrected chi connectivity index (χ3v) is 6.90. The fourth-order valence-corrected chi connectivity index (χ4v) is 5.38. The molecule has 3 rings (SSSR count). The van der Waals surface area contributed by atoms with E-state index in [0.29, 0.717) is 24.2 Å². The number of likely N-dealkylation sites (N-methyl/N-ethyl adjacent to an activating group) is 1. The minimum Gasteiger partial charge on any atom is -0.325 e. The summed E-state index contributed by atoms with van der Waals surface area (Å²) in [5.41, 5.74) is 3.88. The Balaban J connectivity index is 1.64. The van der Waals surface area contributed by atoms with Gasteiger partial charge in [-0.2, -0.15) is 10.4 Å². The standard InChI is InChI=1S/C20H25N5O3S/c1-14-19(15(2)25(23-14)18-7-8-29(27,28)13-18)11-24(3)12-20(26)22-17-6-4-5-16(9-17)10-21/h4-6,9,18H,7-8,11-13H2,1-3H3,(H,22,26)/t18-/m0/s1. The largest absolute Gasteiger partial charge is 0.325 e.